The average molecular weight is 297 g/mol. The van der Waals surface area contributed by atoms with Crippen LogP contribution >= 0.6 is 0 Å². The van der Waals surface area contributed by atoms with Crippen LogP contribution in [0.5, 0.6) is 0 Å². The number of hydrogen-bond acceptors (Lipinski definition) is 6. The normalized spacial score (nSPS) is 10.2. The Bertz CT molecular complexity index is 481. The highest BCUT2D eigenvalue weighted by molar-refractivity contribution is 5.98. The Labute approximate surface area is 122 Å². The molecular weight excluding hydrogens is 278 g/mol. The molecule has 0 saturated heterocycles. The highest BCUT2D eigenvalue weighted by Gasteiger charge is 2.16. The van der Waals surface area contributed by atoms with Gasteiger partial charge >= 0.3 is 0 Å². The van der Waals surface area contributed by atoms with Gasteiger partial charge in [0.1, 0.15) is 5.69 Å². The SMILES string of the molecule is COCCNC(=O)c1ccnc(C(=O)N(O)CCOC)c1. The number of rotatable bonds is 8. The summed E-state index contributed by atoms with van der Waals surface area (Å²) in [4.78, 5) is 27.6. The molecule has 0 fully saturated rings. The van der Waals surface area contributed by atoms with Crippen LogP contribution in [-0.2, 0) is 9.47 Å². The molecule has 21 heavy (non-hydrogen) atoms. The van der Waals surface area contributed by atoms with Crippen molar-refractivity contribution in [2.45, 2.75) is 0 Å². The van der Waals surface area contributed by atoms with Gasteiger partial charge in [0.25, 0.3) is 11.8 Å². The Kier molecular flexibility index (Phi) is 7.30. The molecule has 1 heterocycles. The maximum atomic E-state index is 11.9. The minimum Gasteiger partial charge on any atom is -0.383 e. The van der Waals surface area contributed by atoms with Crippen molar-refractivity contribution in [1.82, 2.24) is 15.4 Å². The summed E-state index contributed by atoms with van der Waals surface area (Å²) in [5, 5.41) is 12.7. The van der Waals surface area contributed by atoms with Crippen molar-refractivity contribution in [2.24, 2.45) is 0 Å². The third-order valence-electron chi connectivity index (χ3n) is 2.57. The van der Waals surface area contributed by atoms with E-state index in [-0.39, 0.29) is 30.3 Å². The first-order valence-electron chi connectivity index (χ1n) is 6.33. The summed E-state index contributed by atoms with van der Waals surface area (Å²) in [5.41, 5.74) is 0.262. The molecule has 0 unspecified atom stereocenters. The zero-order valence-electron chi connectivity index (χ0n) is 12.0. The highest BCUT2D eigenvalue weighted by Crippen LogP contribution is 2.05. The first-order chi connectivity index (χ1) is 10.1. The van der Waals surface area contributed by atoms with E-state index < -0.39 is 5.91 Å². The largest absolute Gasteiger partial charge is 0.383 e. The predicted octanol–water partition coefficient (Wildman–Crippen LogP) is -0.0644. The standard InChI is InChI=1S/C13H19N3O5/c1-20-7-5-15-12(17)10-3-4-14-11(9-10)13(18)16(19)6-8-21-2/h3-4,9,19H,5-8H2,1-2H3,(H,15,17). The molecule has 0 aliphatic heterocycles. The van der Waals surface area contributed by atoms with Crippen LogP contribution in [0.2, 0.25) is 0 Å². The molecule has 0 aromatic carbocycles. The van der Waals surface area contributed by atoms with E-state index in [0.29, 0.717) is 18.2 Å². The number of hydrogen-bond donors (Lipinski definition) is 2. The number of amides is 2. The van der Waals surface area contributed by atoms with Crippen molar-refractivity contribution in [3.05, 3.63) is 29.6 Å². The smallest absolute Gasteiger partial charge is 0.295 e. The molecule has 0 aliphatic carbocycles. The molecule has 0 bridgehead atoms. The van der Waals surface area contributed by atoms with E-state index >= 15 is 0 Å². The minimum absolute atomic E-state index is 0.0152. The van der Waals surface area contributed by atoms with Gasteiger partial charge < -0.3 is 14.8 Å². The molecular formula is C13H19N3O5. The lowest BCUT2D eigenvalue weighted by Gasteiger charge is -2.14. The Balaban J connectivity index is 2.71. The number of methoxy groups -OCH3 is 2. The molecule has 8 nitrogen and oxygen atoms in total. The number of aromatic nitrogens is 1. The molecule has 0 atom stereocenters. The van der Waals surface area contributed by atoms with Crippen LogP contribution in [0.25, 0.3) is 0 Å². The van der Waals surface area contributed by atoms with Crippen molar-refractivity contribution in [2.75, 3.05) is 40.5 Å². The van der Waals surface area contributed by atoms with Gasteiger partial charge in [0, 0.05) is 32.5 Å². The third kappa shape index (κ3) is 5.46. The maximum Gasteiger partial charge on any atom is 0.295 e. The first kappa shape index (κ1) is 17.0. The highest BCUT2D eigenvalue weighted by atomic mass is 16.5. The van der Waals surface area contributed by atoms with Crippen LogP contribution in [0.1, 0.15) is 20.8 Å². The van der Waals surface area contributed by atoms with Gasteiger partial charge in [-0.15, -0.1) is 0 Å². The van der Waals surface area contributed by atoms with Crippen LogP contribution in [0.4, 0.5) is 0 Å². The van der Waals surface area contributed by atoms with Crippen LogP contribution in [0.3, 0.4) is 0 Å². The second kappa shape index (κ2) is 9.01. The fourth-order valence-corrected chi connectivity index (χ4v) is 1.47. The van der Waals surface area contributed by atoms with Crippen LogP contribution in [0, 0.1) is 0 Å². The molecule has 116 valence electrons. The summed E-state index contributed by atoms with van der Waals surface area (Å²) in [6.07, 6.45) is 1.34. The summed E-state index contributed by atoms with van der Waals surface area (Å²) in [6, 6.07) is 2.80. The van der Waals surface area contributed by atoms with Gasteiger partial charge in [0.15, 0.2) is 0 Å². The van der Waals surface area contributed by atoms with Crippen molar-refractivity contribution >= 4 is 11.8 Å². The van der Waals surface area contributed by atoms with E-state index in [0.717, 1.165) is 0 Å². The molecule has 8 heteroatoms. The lowest BCUT2D eigenvalue weighted by molar-refractivity contribution is -0.0686. The second-order valence-corrected chi connectivity index (χ2v) is 4.10. The fraction of sp³-hybridized carbons (Fsp3) is 0.462. The van der Waals surface area contributed by atoms with E-state index in [9.17, 15) is 14.8 Å². The van der Waals surface area contributed by atoms with Crippen molar-refractivity contribution in [3.8, 4) is 0 Å². The number of carbonyl (C=O) groups is 2. The van der Waals surface area contributed by atoms with Gasteiger partial charge in [-0.25, -0.2) is 5.06 Å². The zero-order valence-corrected chi connectivity index (χ0v) is 12.0. The van der Waals surface area contributed by atoms with Gasteiger partial charge in [-0.05, 0) is 12.1 Å². The Morgan fingerprint density at radius 2 is 2.05 bits per heavy atom. The first-order valence-corrected chi connectivity index (χ1v) is 6.33. The summed E-state index contributed by atoms with van der Waals surface area (Å²) in [6.45, 7) is 0.964. The zero-order chi connectivity index (χ0) is 15.7. The molecule has 0 saturated carbocycles. The summed E-state index contributed by atoms with van der Waals surface area (Å²) in [5.74, 6) is -1.04. The summed E-state index contributed by atoms with van der Waals surface area (Å²) < 4.78 is 9.59. The lowest BCUT2D eigenvalue weighted by atomic mass is 10.2. The van der Waals surface area contributed by atoms with Crippen LogP contribution in [-0.4, -0.2) is 67.6 Å². The van der Waals surface area contributed by atoms with Gasteiger partial charge in [0.05, 0.1) is 19.8 Å². The molecule has 2 N–H and O–H groups in total. The number of pyridine rings is 1. The van der Waals surface area contributed by atoms with Gasteiger partial charge in [-0.1, -0.05) is 0 Å². The number of carbonyl (C=O) groups excluding carboxylic acids is 2. The average Bonchev–Trinajstić information content (AvgIpc) is 2.52. The summed E-state index contributed by atoms with van der Waals surface area (Å²) in [7, 11) is 2.99. The molecule has 1 aromatic heterocycles. The van der Waals surface area contributed by atoms with E-state index in [2.05, 4.69) is 10.3 Å². The van der Waals surface area contributed by atoms with E-state index in [4.69, 9.17) is 9.47 Å². The number of nitrogens with zero attached hydrogens (tertiary/aromatic N) is 2. The van der Waals surface area contributed by atoms with E-state index in [1.165, 1.54) is 32.5 Å². The Morgan fingerprint density at radius 1 is 1.33 bits per heavy atom. The monoisotopic (exact) mass is 297 g/mol. The van der Waals surface area contributed by atoms with Crippen molar-refractivity contribution in [3.63, 3.8) is 0 Å². The molecule has 0 radical (unpaired) electrons. The molecule has 0 aliphatic rings. The van der Waals surface area contributed by atoms with Gasteiger partial charge in [-0.2, -0.15) is 0 Å². The lowest BCUT2D eigenvalue weighted by Crippen LogP contribution is -2.32. The molecule has 1 aromatic rings. The number of hydroxylamine groups is 2. The van der Waals surface area contributed by atoms with Crippen molar-refractivity contribution in [1.29, 1.82) is 0 Å². The summed E-state index contributed by atoms with van der Waals surface area (Å²) >= 11 is 0. The maximum absolute atomic E-state index is 11.9. The van der Waals surface area contributed by atoms with E-state index in [1.807, 2.05) is 0 Å². The van der Waals surface area contributed by atoms with Crippen molar-refractivity contribution < 1.29 is 24.3 Å². The molecule has 2 amide bonds. The van der Waals surface area contributed by atoms with Gasteiger partial charge in [-0.3, -0.25) is 19.8 Å². The predicted molar refractivity (Wildman–Crippen MR) is 73.1 cm³/mol. The second-order valence-electron chi connectivity index (χ2n) is 4.10. The molecule has 0 spiro atoms. The quantitative estimate of drug-likeness (QED) is 0.396. The number of ether oxygens (including phenoxy) is 2. The number of nitrogens with one attached hydrogen (secondary N) is 1. The minimum atomic E-state index is -0.696. The van der Waals surface area contributed by atoms with Gasteiger partial charge in [0.2, 0.25) is 0 Å². The molecule has 1 rings (SSSR count). The Hall–Kier alpha value is -2.03. The van der Waals surface area contributed by atoms with E-state index in [1.54, 1.807) is 0 Å². The Morgan fingerprint density at radius 3 is 2.71 bits per heavy atom. The third-order valence-corrected chi connectivity index (χ3v) is 2.57. The fourth-order valence-electron chi connectivity index (χ4n) is 1.47. The topological polar surface area (TPSA) is 101 Å². The van der Waals surface area contributed by atoms with Crippen LogP contribution in [0.15, 0.2) is 18.3 Å². The van der Waals surface area contributed by atoms with Crippen LogP contribution < -0.4 is 5.32 Å².